The fraction of sp³-hybridized carbons (Fsp3) is 0.379. The normalized spacial score (nSPS) is 16.9. The molecule has 3 aromatic carbocycles. The molecule has 0 spiro atoms. The maximum Gasteiger partial charge on any atom is 0.213 e. The first-order valence-corrected chi connectivity index (χ1v) is 29.6. The van der Waals surface area contributed by atoms with E-state index in [0.29, 0.717) is 80.8 Å². The SMILES string of the molecule is CC1(C)CCN(c2nc(N)c(-c3cccc(Cl)c3Cl)c3nccn23)CC1.CC1(N)CCN(c2nc(CF)c(-c3cccc(Cl)c3Cl)c3nccn23)CC1.Cc1nc(N2CCC(C)(C)CC2)n2ccnc2c1Sc1cccc(Cl)c1Cl. The Hall–Kier alpha value is -5.30. The number of rotatable bonds is 8. The molecule has 0 radical (unpaired) electrons. The number of piperidine rings is 3. The van der Waals surface area contributed by atoms with Gasteiger partial charge in [0.05, 0.1) is 57.5 Å². The molecular weight excluding hydrogens is 1160 g/mol. The van der Waals surface area contributed by atoms with Crippen LogP contribution in [0.15, 0.2) is 102 Å². The predicted octanol–water partition coefficient (Wildman–Crippen LogP) is 15.5. The third-order valence-electron chi connectivity index (χ3n) is 15.5. The van der Waals surface area contributed by atoms with Crippen molar-refractivity contribution >= 4 is 122 Å². The summed E-state index contributed by atoms with van der Waals surface area (Å²) in [7, 11) is 0. The van der Waals surface area contributed by atoms with E-state index < -0.39 is 6.67 Å². The summed E-state index contributed by atoms with van der Waals surface area (Å²) < 4.78 is 20.0. The van der Waals surface area contributed by atoms with Crippen molar-refractivity contribution in [1.82, 2.24) is 43.1 Å². The smallest absolute Gasteiger partial charge is 0.213 e. The average molecular weight is 1220 g/mol. The quantitative estimate of drug-likeness (QED) is 0.149. The maximum atomic E-state index is 14.0. The lowest BCUT2D eigenvalue weighted by Crippen LogP contribution is -2.48. The summed E-state index contributed by atoms with van der Waals surface area (Å²) in [6.45, 7) is 18.1. The van der Waals surface area contributed by atoms with Crippen LogP contribution in [0.25, 0.3) is 39.2 Å². The molecule has 80 heavy (non-hydrogen) atoms. The number of halogens is 7. The molecule has 6 aromatic heterocycles. The first-order valence-electron chi connectivity index (χ1n) is 26.6. The lowest BCUT2D eigenvalue weighted by molar-refractivity contribution is 0.278. The first kappa shape index (κ1) is 57.9. The van der Waals surface area contributed by atoms with Gasteiger partial charge in [-0.1, -0.05) is 139 Å². The van der Waals surface area contributed by atoms with Crippen LogP contribution in [0.1, 0.15) is 84.5 Å². The van der Waals surface area contributed by atoms with E-state index in [1.807, 2.05) is 64.8 Å². The van der Waals surface area contributed by atoms with E-state index in [9.17, 15) is 4.39 Å². The van der Waals surface area contributed by atoms with Crippen LogP contribution in [0.2, 0.25) is 30.1 Å². The Morgan fingerprint density at radius 2 is 0.950 bits per heavy atom. The summed E-state index contributed by atoms with van der Waals surface area (Å²) in [4.78, 5) is 36.6. The van der Waals surface area contributed by atoms with Crippen LogP contribution >= 0.6 is 81.4 Å². The Balaban J connectivity index is 0.000000135. The molecule has 4 N–H and O–H groups in total. The van der Waals surface area contributed by atoms with Crippen LogP contribution in [0.3, 0.4) is 0 Å². The Morgan fingerprint density at radius 1 is 0.537 bits per heavy atom. The number of fused-ring (bicyclic) bond motifs is 3. The van der Waals surface area contributed by atoms with Gasteiger partial charge in [-0.2, -0.15) is 4.98 Å². The van der Waals surface area contributed by atoms with Gasteiger partial charge in [-0.3, -0.25) is 13.2 Å². The molecule has 3 fully saturated rings. The third kappa shape index (κ3) is 12.0. The molecule has 0 bridgehead atoms. The summed E-state index contributed by atoms with van der Waals surface area (Å²) in [5, 5.41) is 2.83. The minimum Gasteiger partial charge on any atom is -0.383 e. The Bertz CT molecular complexity index is 3720. The summed E-state index contributed by atoms with van der Waals surface area (Å²) in [6, 6.07) is 16.5. The number of imidazole rings is 3. The molecule has 22 heteroatoms. The molecule has 12 rings (SSSR count). The maximum absolute atomic E-state index is 14.0. The number of nitrogens with two attached hydrogens (primary N) is 2. The highest BCUT2D eigenvalue weighted by Gasteiger charge is 2.32. The number of hydrogen-bond donors (Lipinski definition) is 2. The molecule has 0 aliphatic carbocycles. The van der Waals surface area contributed by atoms with Crippen molar-refractivity contribution in [2.24, 2.45) is 16.6 Å². The van der Waals surface area contributed by atoms with E-state index in [-0.39, 0.29) is 5.54 Å². The fourth-order valence-electron chi connectivity index (χ4n) is 10.4. The largest absolute Gasteiger partial charge is 0.383 e. The number of benzene rings is 3. The molecule has 0 unspecified atom stereocenters. The van der Waals surface area contributed by atoms with Crippen LogP contribution in [-0.2, 0) is 6.67 Å². The molecule has 0 atom stereocenters. The van der Waals surface area contributed by atoms with Crippen LogP contribution in [-0.4, -0.2) is 87.9 Å². The van der Waals surface area contributed by atoms with Gasteiger partial charge >= 0.3 is 0 Å². The number of nitrogens with zero attached hydrogens (tertiary/aromatic N) is 12. The standard InChI is InChI=1S/C20H22Cl2N4S.C19H20Cl2FN5.C19H21Cl2N5/c1-13-17(27-15-6-4-5-14(21)16(15)22)18-23-9-12-26(18)19(24-13)25-10-7-20(2,3)8-11-25;1-19(23)5-8-26(9-6-19)18-25-14(11-22)15(17-24-7-10-27(17)18)12-3-2-4-13(20)16(12)21;1-19(2)6-9-25(10-7-19)18-24-16(22)14(17-23-8-11-26(17)18)12-4-3-5-13(20)15(12)21/h4-6,9,12H,7-8,10-11H2,1-3H3;2-4,7,10H,5-6,8-9,11,23H2,1H3;3-5,8,11H,6-7,9-10,22H2,1-2H3. The highest BCUT2D eigenvalue weighted by molar-refractivity contribution is 7.99. The Labute approximate surface area is 499 Å². The van der Waals surface area contributed by atoms with E-state index in [1.165, 1.54) is 12.8 Å². The van der Waals surface area contributed by atoms with Gasteiger partial charge in [-0.15, -0.1) is 0 Å². The zero-order valence-corrected chi connectivity index (χ0v) is 50.8. The number of hydrogen-bond acceptors (Lipinski definition) is 12. The molecule has 9 aromatic rings. The van der Waals surface area contributed by atoms with Crippen LogP contribution in [0, 0.1) is 17.8 Å². The number of nitrogen functional groups attached to an aromatic ring is 1. The predicted molar refractivity (Wildman–Crippen MR) is 329 cm³/mol. The zero-order chi connectivity index (χ0) is 56.8. The van der Waals surface area contributed by atoms with Crippen LogP contribution < -0.4 is 26.2 Å². The van der Waals surface area contributed by atoms with Gasteiger partial charge in [0.2, 0.25) is 17.8 Å². The molecule has 14 nitrogen and oxygen atoms in total. The van der Waals surface area contributed by atoms with E-state index in [4.69, 9.17) is 91.0 Å². The molecule has 3 saturated heterocycles. The minimum atomic E-state index is -0.725. The van der Waals surface area contributed by atoms with Crippen molar-refractivity contribution < 1.29 is 4.39 Å². The summed E-state index contributed by atoms with van der Waals surface area (Å²) in [5.41, 5.74) is 19.4. The molecule has 0 saturated carbocycles. The fourth-order valence-corrected chi connectivity index (χ4v) is 12.6. The summed E-state index contributed by atoms with van der Waals surface area (Å²) in [5.74, 6) is 2.88. The molecule has 3 aliphatic rings. The number of aryl methyl sites for hydroxylation is 1. The second-order valence-corrected chi connectivity index (χ2v) is 25.9. The Morgan fingerprint density at radius 3 is 1.46 bits per heavy atom. The van der Waals surface area contributed by atoms with E-state index in [0.717, 1.165) is 109 Å². The summed E-state index contributed by atoms with van der Waals surface area (Å²) >= 11 is 39.3. The van der Waals surface area contributed by atoms with E-state index in [2.05, 4.69) is 73.7 Å². The number of anilines is 4. The van der Waals surface area contributed by atoms with Gasteiger partial charge in [0.15, 0.2) is 11.3 Å². The second-order valence-electron chi connectivity index (χ2n) is 22.5. The monoisotopic (exact) mass is 1220 g/mol. The number of alkyl halides is 1. The lowest BCUT2D eigenvalue weighted by Gasteiger charge is -2.37. The van der Waals surface area contributed by atoms with Gasteiger partial charge in [0, 0.05) is 98.0 Å². The van der Waals surface area contributed by atoms with Crippen LogP contribution in [0.4, 0.5) is 28.1 Å². The highest BCUT2D eigenvalue weighted by Crippen LogP contribution is 2.44. The van der Waals surface area contributed by atoms with Crippen molar-refractivity contribution in [3.8, 4) is 22.3 Å². The number of aromatic nitrogens is 9. The second kappa shape index (κ2) is 23.5. The minimum absolute atomic E-state index is 0.179. The van der Waals surface area contributed by atoms with Gasteiger partial charge in [0.25, 0.3) is 0 Å². The first-order chi connectivity index (χ1) is 38.1. The zero-order valence-electron chi connectivity index (χ0n) is 45.4. The van der Waals surface area contributed by atoms with Gasteiger partial charge in [0.1, 0.15) is 18.1 Å². The average Bonchev–Trinajstić information content (AvgIpc) is 4.25. The Kier molecular flexibility index (Phi) is 17.0. The van der Waals surface area contributed by atoms with E-state index >= 15 is 0 Å². The van der Waals surface area contributed by atoms with Gasteiger partial charge in [-0.25, -0.2) is 29.3 Å². The topological polar surface area (TPSA) is 152 Å². The lowest BCUT2D eigenvalue weighted by atomic mass is 9.83. The van der Waals surface area contributed by atoms with Gasteiger partial charge in [-0.05, 0) is 87.5 Å². The third-order valence-corrected chi connectivity index (χ3v) is 19.3. The van der Waals surface area contributed by atoms with Crippen molar-refractivity contribution in [1.29, 1.82) is 0 Å². The van der Waals surface area contributed by atoms with E-state index in [1.54, 1.807) is 54.5 Å². The molecule has 420 valence electrons. The van der Waals surface area contributed by atoms with Crippen molar-refractivity contribution in [2.75, 3.05) is 59.7 Å². The molecule has 9 heterocycles. The molecule has 3 aliphatic heterocycles. The van der Waals surface area contributed by atoms with Crippen LogP contribution in [0.5, 0.6) is 0 Å². The highest BCUT2D eigenvalue weighted by atomic mass is 35.5. The molecular formula is C58H63Cl6FN14S. The molecule has 0 amide bonds. The van der Waals surface area contributed by atoms with Crippen molar-refractivity contribution in [3.05, 3.63) is 133 Å². The van der Waals surface area contributed by atoms with Crippen molar-refractivity contribution in [2.45, 2.75) is 102 Å². The van der Waals surface area contributed by atoms with Crippen molar-refractivity contribution in [3.63, 3.8) is 0 Å². The van der Waals surface area contributed by atoms with Gasteiger partial charge < -0.3 is 26.2 Å². The summed E-state index contributed by atoms with van der Waals surface area (Å²) in [6.07, 6.45) is 17.3.